The first-order chi connectivity index (χ1) is 16.1. The number of sulfonamides is 1. The van der Waals surface area contributed by atoms with Gasteiger partial charge in [-0.05, 0) is 75.6 Å². The van der Waals surface area contributed by atoms with Crippen molar-refractivity contribution in [3.63, 3.8) is 0 Å². The zero-order valence-corrected chi connectivity index (χ0v) is 21.7. The van der Waals surface area contributed by atoms with Crippen molar-refractivity contribution in [2.75, 3.05) is 19.0 Å². The molecule has 1 amide bonds. The number of piperidine rings is 1. The molecule has 1 saturated heterocycles. The largest absolute Gasteiger partial charge is 0.444 e. The number of hydrogen-bond donors (Lipinski definition) is 1. The third-order valence-electron chi connectivity index (χ3n) is 5.86. The summed E-state index contributed by atoms with van der Waals surface area (Å²) >= 11 is 6.08. The number of rotatable bonds is 8. The average Bonchev–Trinajstić information content (AvgIpc) is 2.79. The third-order valence-corrected chi connectivity index (χ3v) is 7.77. The summed E-state index contributed by atoms with van der Waals surface area (Å²) in [6.45, 7) is 7.09. The molecule has 0 aliphatic carbocycles. The number of amides is 1. The number of nitrogens with one attached hydrogen (secondary N) is 1. The molecule has 1 unspecified atom stereocenters. The summed E-state index contributed by atoms with van der Waals surface area (Å²) in [6.07, 6.45) is 3.16. The SMILES string of the molecule is CC(C)(C)OC(=O)N1CCC(Cc2ccc(CC(CCl)NS(=O)(=O)c3ccccc3)cc2)CC1. The summed E-state index contributed by atoms with van der Waals surface area (Å²) < 4.78 is 33.4. The van der Waals surface area contributed by atoms with Crippen LogP contribution in [0.15, 0.2) is 59.5 Å². The van der Waals surface area contributed by atoms with E-state index in [1.807, 2.05) is 32.9 Å². The number of nitrogens with zero attached hydrogens (tertiary/aromatic N) is 1. The standard InChI is InChI=1S/C26H35ClN2O4S/c1-26(2,3)33-25(30)29-15-13-22(14-16-29)17-20-9-11-21(12-10-20)18-23(19-27)28-34(31,32)24-7-5-4-6-8-24/h4-12,22-23,28H,13-19H2,1-3H3. The van der Waals surface area contributed by atoms with Crippen LogP contribution in [-0.2, 0) is 27.6 Å². The van der Waals surface area contributed by atoms with E-state index >= 15 is 0 Å². The maximum absolute atomic E-state index is 12.6. The van der Waals surface area contributed by atoms with Crippen molar-refractivity contribution in [1.29, 1.82) is 0 Å². The highest BCUT2D eigenvalue weighted by Crippen LogP contribution is 2.23. The van der Waals surface area contributed by atoms with Gasteiger partial charge in [0, 0.05) is 25.0 Å². The molecule has 0 radical (unpaired) electrons. The van der Waals surface area contributed by atoms with Gasteiger partial charge >= 0.3 is 6.09 Å². The fourth-order valence-electron chi connectivity index (χ4n) is 4.09. The number of benzene rings is 2. The quantitative estimate of drug-likeness (QED) is 0.511. The molecule has 0 saturated carbocycles. The van der Waals surface area contributed by atoms with Crippen LogP contribution in [0.5, 0.6) is 0 Å². The van der Waals surface area contributed by atoms with Gasteiger partial charge in [0.25, 0.3) is 0 Å². The van der Waals surface area contributed by atoms with Crippen molar-refractivity contribution in [2.24, 2.45) is 5.92 Å². The molecule has 2 aromatic rings. The molecule has 2 aromatic carbocycles. The van der Waals surface area contributed by atoms with Gasteiger partial charge in [0.15, 0.2) is 0 Å². The van der Waals surface area contributed by atoms with E-state index in [1.54, 1.807) is 35.2 Å². The minimum atomic E-state index is -3.61. The summed E-state index contributed by atoms with van der Waals surface area (Å²) in [5, 5.41) is 0. The molecule has 1 atom stereocenters. The summed E-state index contributed by atoms with van der Waals surface area (Å²) in [6, 6.07) is 16.2. The van der Waals surface area contributed by atoms with E-state index in [4.69, 9.17) is 16.3 Å². The highest BCUT2D eigenvalue weighted by molar-refractivity contribution is 7.89. The maximum Gasteiger partial charge on any atom is 0.410 e. The molecule has 1 fully saturated rings. The molecule has 8 heteroatoms. The average molecular weight is 507 g/mol. The molecule has 1 N–H and O–H groups in total. The molecule has 1 aliphatic rings. The second-order valence-corrected chi connectivity index (χ2v) is 11.9. The molecule has 34 heavy (non-hydrogen) atoms. The highest BCUT2D eigenvalue weighted by atomic mass is 35.5. The number of halogens is 1. The fraction of sp³-hybridized carbons (Fsp3) is 0.500. The minimum Gasteiger partial charge on any atom is -0.444 e. The zero-order chi connectivity index (χ0) is 24.8. The Morgan fingerprint density at radius 2 is 1.65 bits per heavy atom. The van der Waals surface area contributed by atoms with Gasteiger partial charge in [0.1, 0.15) is 5.60 Å². The van der Waals surface area contributed by atoms with E-state index in [0.29, 0.717) is 12.3 Å². The van der Waals surface area contributed by atoms with Crippen molar-refractivity contribution in [2.45, 2.75) is 63.0 Å². The molecular weight excluding hydrogens is 472 g/mol. The lowest BCUT2D eigenvalue weighted by Crippen LogP contribution is -2.42. The lowest BCUT2D eigenvalue weighted by atomic mass is 9.90. The van der Waals surface area contributed by atoms with E-state index in [1.165, 1.54) is 5.56 Å². The smallest absolute Gasteiger partial charge is 0.410 e. The van der Waals surface area contributed by atoms with E-state index in [9.17, 15) is 13.2 Å². The molecule has 3 rings (SSSR count). The van der Waals surface area contributed by atoms with Gasteiger partial charge in [0.05, 0.1) is 4.90 Å². The van der Waals surface area contributed by atoms with E-state index < -0.39 is 21.7 Å². The number of carbonyl (C=O) groups excluding carboxylic acids is 1. The highest BCUT2D eigenvalue weighted by Gasteiger charge is 2.27. The van der Waals surface area contributed by atoms with Crippen molar-refractivity contribution in [3.8, 4) is 0 Å². The summed E-state index contributed by atoms with van der Waals surface area (Å²) in [7, 11) is -3.61. The number of alkyl halides is 1. The predicted octanol–water partition coefficient (Wildman–Crippen LogP) is 5.00. The van der Waals surface area contributed by atoms with Crippen LogP contribution < -0.4 is 4.72 Å². The minimum absolute atomic E-state index is 0.185. The van der Waals surface area contributed by atoms with Gasteiger partial charge in [-0.1, -0.05) is 42.5 Å². The van der Waals surface area contributed by atoms with Crippen LogP contribution in [0.4, 0.5) is 4.79 Å². The van der Waals surface area contributed by atoms with Gasteiger partial charge in [-0.15, -0.1) is 11.6 Å². The van der Waals surface area contributed by atoms with Crippen LogP contribution in [0.2, 0.25) is 0 Å². The Labute approximate surface area is 208 Å². The Morgan fingerprint density at radius 3 is 2.21 bits per heavy atom. The van der Waals surface area contributed by atoms with Crippen LogP contribution in [-0.4, -0.2) is 50.0 Å². The van der Waals surface area contributed by atoms with Crippen molar-refractivity contribution in [1.82, 2.24) is 9.62 Å². The summed E-state index contributed by atoms with van der Waals surface area (Å²) in [5.41, 5.74) is 1.80. The van der Waals surface area contributed by atoms with Crippen molar-refractivity contribution < 1.29 is 17.9 Å². The third kappa shape index (κ3) is 8.00. The Kier molecular flexibility index (Phi) is 9.01. The van der Waals surface area contributed by atoms with Crippen molar-refractivity contribution in [3.05, 3.63) is 65.7 Å². The molecule has 186 valence electrons. The van der Waals surface area contributed by atoms with Crippen LogP contribution in [0.1, 0.15) is 44.7 Å². The first-order valence-electron chi connectivity index (χ1n) is 11.7. The van der Waals surface area contributed by atoms with Gasteiger partial charge in [-0.2, -0.15) is 0 Å². The number of carbonyl (C=O) groups is 1. The number of likely N-dealkylation sites (tertiary alicyclic amines) is 1. The Hall–Kier alpha value is -2.09. The van der Waals surface area contributed by atoms with E-state index in [0.717, 1.165) is 37.9 Å². The lowest BCUT2D eigenvalue weighted by molar-refractivity contribution is 0.0184. The van der Waals surface area contributed by atoms with E-state index in [-0.39, 0.29) is 16.9 Å². The molecule has 1 aliphatic heterocycles. The van der Waals surface area contributed by atoms with Gasteiger partial charge in [0.2, 0.25) is 10.0 Å². The molecule has 0 aromatic heterocycles. The molecular formula is C26H35ClN2O4S. The Bertz CT molecular complexity index is 1030. The van der Waals surface area contributed by atoms with Crippen LogP contribution in [0, 0.1) is 5.92 Å². The maximum atomic E-state index is 12.6. The lowest BCUT2D eigenvalue weighted by Gasteiger charge is -2.33. The summed E-state index contributed by atoms with van der Waals surface area (Å²) in [5.74, 6) is 0.710. The molecule has 1 heterocycles. The van der Waals surface area contributed by atoms with Crippen LogP contribution in [0.3, 0.4) is 0 Å². The van der Waals surface area contributed by atoms with Gasteiger partial charge in [-0.3, -0.25) is 0 Å². The summed E-state index contributed by atoms with van der Waals surface area (Å²) in [4.78, 5) is 14.3. The first-order valence-corrected chi connectivity index (χ1v) is 13.8. The Balaban J connectivity index is 1.50. The normalized spacial score (nSPS) is 16.3. The first kappa shape index (κ1) is 26.5. The number of hydrogen-bond acceptors (Lipinski definition) is 4. The molecule has 6 nitrogen and oxygen atoms in total. The van der Waals surface area contributed by atoms with Crippen LogP contribution >= 0.6 is 11.6 Å². The van der Waals surface area contributed by atoms with E-state index in [2.05, 4.69) is 16.9 Å². The van der Waals surface area contributed by atoms with Crippen molar-refractivity contribution >= 4 is 27.7 Å². The topological polar surface area (TPSA) is 75.7 Å². The second kappa shape index (κ2) is 11.6. The monoisotopic (exact) mass is 506 g/mol. The van der Waals surface area contributed by atoms with Gasteiger partial charge < -0.3 is 9.64 Å². The zero-order valence-electron chi connectivity index (χ0n) is 20.2. The molecule has 0 spiro atoms. The molecule has 0 bridgehead atoms. The second-order valence-electron chi connectivity index (χ2n) is 9.92. The number of ether oxygens (including phenoxy) is 1. The van der Waals surface area contributed by atoms with Gasteiger partial charge in [-0.25, -0.2) is 17.9 Å². The Morgan fingerprint density at radius 1 is 1.06 bits per heavy atom. The fourth-order valence-corrected chi connectivity index (χ4v) is 5.63. The van der Waals surface area contributed by atoms with Crippen LogP contribution in [0.25, 0.3) is 0 Å². The predicted molar refractivity (Wildman–Crippen MR) is 136 cm³/mol.